The summed E-state index contributed by atoms with van der Waals surface area (Å²) < 4.78 is 59.4. The summed E-state index contributed by atoms with van der Waals surface area (Å²) in [6, 6.07) is 19.4. The van der Waals surface area contributed by atoms with Crippen LogP contribution in [0.25, 0.3) is 11.0 Å². The number of carbonyl (C=O) groups is 1. The molecule has 14 heteroatoms. The van der Waals surface area contributed by atoms with Gasteiger partial charge in [0, 0.05) is 18.0 Å². The third-order valence-electron chi connectivity index (χ3n) is 6.24. The Balaban J connectivity index is 1.16. The van der Waals surface area contributed by atoms with Gasteiger partial charge in [-0.2, -0.15) is 0 Å². The number of sulfone groups is 1. The van der Waals surface area contributed by atoms with Crippen molar-refractivity contribution in [3.63, 3.8) is 0 Å². The van der Waals surface area contributed by atoms with E-state index in [4.69, 9.17) is 13.9 Å². The van der Waals surface area contributed by atoms with Crippen LogP contribution in [0, 0.1) is 11.0 Å². The van der Waals surface area contributed by atoms with Crippen molar-refractivity contribution in [3.8, 4) is 11.6 Å². The molecule has 0 atom stereocenters. The quantitative estimate of drug-likeness (QED) is 0.126. The van der Waals surface area contributed by atoms with Gasteiger partial charge < -0.3 is 24.4 Å². The Kier molecular flexibility index (Phi) is 8.66. The summed E-state index contributed by atoms with van der Waals surface area (Å²) in [5, 5.41) is 17.8. The minimum Gasteiger partial charge on any atom is -0.490 e. The molecule has 5 aromatic rings. The molecule has 0 aliphatic rings. The fourth-order valence-electron chi connectivity index (χ4n) is 4.12. The highest BCUT2D eigenvalue weighted by Gasteiger charge is 2.35. The number of aromatic nitrogens is 2. The average Bonchev–Trinajstić information content (AvgIpc) is 3.39. The largest absolute Gasteiger partial charge is 0.490 e. The molecule has 222 valence electrons. The Bertz CT molecular complexity index is 1910. The fraction of sp³-hybridized carbons (Fsp3) is 0.172. The van der Waals surface area contributed by atoms with E-state index < -0.39 is 32.3 Å². The van der Waals surface area contributed by atoms with Gasteiger partial charge in [-0.15, -0.1) is 0 Å². The van der Waals surface area contributed by atoms with E-state index in [0.29, 0.717) is 30.5 Å². The Morgan fingerprint density at radius 2 is 1.74 bits per heavy atom. The van der Waals surface area contributed by atoms with Crippen LogP contribution in [0.2, 0.25) is 0 Å². The molecule has 0 aliphatic heterocycles. The van der Waals surface area contributed by atoms with Crippen LogP contribution < -0.4 is 25.3 Å². The number of benzene rings is 3. The Hall–Kier alpha value is -5.24. The van der Waals surface area contributed by atoms with Gasteiger partial charge in [0.05, 0.1) is 10.1 Å². The molecule has 1 N–H and O–H groups in total. The number of nitrogens with one attached hydrogen (secondary N) is 1. The summed E-state index contributed by atoms with van der Waals surface area (Å²) in [6.07, 6.45) is 1.23. The van der Waals surface area contributed by atoms with E-state index in [9.17, 15) is 27.6 Å². The Labute approximate surface area is 243 Å². The number of rotatable bonds is 12. The Morgan fingerprint density at radius 1 is 1.00 bits per heavy atom. The molecule has 0 unspecified atom stereocenters. The van der Waals surface area contributed by atoms with Crippen LogP contribution in [0.3, 0.4) is 0 Å². The van der Waals surface area contributed by atoms with Gasteiger partial charge >= 0.3 is 16.5 Å². The van der Waals surface area contributed by atoms with E-state index in [1.807, 2.05) is 0 Å². The van der Waals surface area contributed by atoms with Crippen molar-refractivity contribution in [1.82, 2.24) is 10.5 Å². The number of ether oxygens (including phenoxy) is 2. The molecule has 0 aliphatic carbocycles. The predicted molar refractivity (Wildman–Crippen MR) is 148 cm³/mol. The van der Waals surface area contributed by atoms with Crippen molar-refractivity contribution in [3.05, 3.63) is 111 Å². The second kappa shape index (κ2) is 12.7. The summed E-state index contributed by atoms with van der Waals surface area (Å²) in [5.74, 6) is -1.11. The monoisotopic (exact) mass is 609 g/mol. The van der Waals surface area contributed by atoms with Crippen LogP contribution in [0.15, 0.2) is 103 Å². The molecule has 0 bridgehead atoms. The number of nitrogens with zero attached hydrogens (tertiary/aromatic N) is 2. The zero-order valence-electron chi connectivity index (χ0n) is 22.4. The van der Waals surface area contributed by atoms with Gasteiger partial charge in [0.15, 0.2) is 0 Å². The number of hydrogen-bond acceptors (Lipinski definition) is 10. The third-order valence-corrected chi connectivity index (χ3v) is 7.96. The molecule has 1 amide bonds. The minimum atomic E-state index is -4.26. The van der Waals surface area contributed by atoms with E-state index >= 15 is 0 Å². The first-order chi connectivity index (χ1) is 20.7. The van der Waals surface area contributed by atoms with Crippen molar-refractivity contribution >= 4 is 26.7 Å². The van der Waals surface area contributed by atoms with Gasteiger partial charge in [-0.1, -0.05) is 30.3 Å². The fourth-order valence-corrected chi connectivity index (χ4v) is 5.41. The summed E-state index contributed by atoms with van der Waals surface area (Å²) in [4.78, 5) is 24.7. The van der Waals surface area contributed by atoms with Crippen LogP contribution in [0.4, 0.5) is 4.39 Å². The lowest BCUT2D eigenvalue weighted by atomic mass is 10.1. The van der Waals surface area contributed by atoms with E-state index in [2.05, 4.69) is 15.1 Å². The smallest absolute Gasteiger partial charge is 0.415 e. The maximum atomic E-state index is 13.0. The molecule has 0 saturated carbocycles. The minimum absolute atomic E-state index is 0.0926. The van der Waals surface area contributed by atoms with Gasteiger partial charge in [-0.25, -0.2) is 17.6 Å². The van der Waals surface area contributed by atoms with Gasteiger partial charge in [0.2, 0.25) is 0 Å². The maximum absolute atomic E-state index is 13.0. The van der Waals surface area contributed by atoms with Crippen molar-refractivity contribution in [2.24, 2.45) is 0 Å². The molecule has 12 nitrogen and oxygen atoms in total. The highest BCUT2D eigenvalue weighted by Crippen LogP contribution is 2.25. The number of hydrogen-bond donors (Lipinski definition) is 1. The number of carbonyl (C=O) groups excluding carboxylic acids is 1. The van der Waals surface area contributed by atoms with E-state index in [0.717, 1.165) is 5.56 Å². The van der Waals surface area contributed by atoms with Crippen molar-refractivity contribution in [2.45, 2.75) is 22.8 Å². The van der Waals surface area contributed by atoms with Gasteiger partial charge in [0.25, 0.3) is 15.7 Å². The first-order valence-electron chi connectivity index (χ1n) is 13.0. The lowest BCUT2D eigenvalue weighted by molar-refractivity contribution is -0.832. The maximum Gasteiger partial charge on any atom is 0.415 e. The molecular weight excluding hydrogens is 585 g/mol. The summed E-state index contributed by atoms with van der Waals surface area (Å²) in [7, 11) is -4.26. The molecule has 3 aromatic carbocycles. The molecular formula is C29H24FN3O9S. The molecule has 0 spiro atoms. The molecule has 0 saturated heterocycles. The van der Waals surface area contributed by atoms with E-state index in [1.165, 1.54) is 48.5 Å². The Morgan fingerprint density at radius 3 is 2.51 bits per heavy atom. The predicted octanol–water partition coefficient (Wildman–Crippen LogP) is 3.21. The zero-order chi connectivity index (χ0) is 30.4. The van der Waals surface area contributed by atoms with E-state index in [1.54, 1.807) is 30.3 Å². The summed E-state index contributed by atoms with van der Waals surface area (Å²) >= 11 is 0. The van der Waals surface area contributed by atoms with Crippen LogP contribution in [0.1, 0.15) is 22.3 Å². The second-order valence-electron chi connectivity index (χ2n) is 9.19. The van der Waals surface area contributed by atoms with Crippen LogP contribution >= 0.6 is 0 Å². The van der Waals surface area contributed by atoms with Gasteiger partial charge in [0.1, 0.15) is 35.9 Å². The lowest BCUT2D eigenvalue weighted by Gasteiger charge is -2.08. The first-order valence-corrected chi connectivity index (χ1v) is 14.5. The van der Waals surface area contributed by atoms with Crippen LogP contribution in [-0.4, -0.2) is 39.2 Å². The van der Waals surface area contributed by atoms with Gasteiger partial charge in [-0.3, -0.25) is 9.42 Å². The standard InChI is InChI=1S/C29H24FN3O9S/c30-21-11-8-19(9-12-21)5-4-14-31-26(34)24-17-20-10-13-22(18-25(20)41-29(24)35)39-15-16-40-27-28(33(36)42-32-27)43(37,38)23-6-2-1-3-7-23/h1-3,6-13,17-18H,4-5,14-16H2,(H,31,34). The number of amides is 1. The lowest BCUT2D eigenvalue weighted by Crippen LogP contribution is -2.31. The van der Waals surface area contributed by atoms with Crippen molar-refractivity contribution in [2.75, 3.05) is 19.8 Å². The molecule has 2 heterocycles. The SMILES string of the molecule is O=C(NCCCc1ccc(F)cc1)c1cc2ccc(OCCOc3no[n+]([O-])c3S(=O)(=O)c3ccccc3)cc2oc1=O. The molecule has 0 radical (unpaired) electrons. The normalized spacial score (nSPS) is 11.4. The summed E-state index contributed by atoms with van der Waals surface area (Å²) in [5.41, 5.74) is 0.130. The van der Waals surface area contributed by atoms with Crippen molar-refractivity contribution in [1.29, 1.82) is 0 Å². The molecule has 5 rings (SSSR count). The average molecular weight is 610 g/mol. The topological polar surface area (TPSA) is 165 Å². The van der Waals surface area contributed by atoms with Crippen molar-refractivity contribution < 1.29 is 41.0 Å². The number of halogens is 1. The number of aryl methyl sites for hydroxylation is 1. The van der Waals surface area contributed by atoms with Crippen LogP contribution in [0.5, 0.6) is 11.6 Å². The van der Waals surface area contributed by atoms with E-state index in [-0.39, 0.29) is 40.0 Å². The third kappa shape index (κ3) is 6.81. The number of fused-ring (bicyclic) bond motifs is 1. The van der Waals surface area contributed by atoms with Gasteiger partial charge in [-0.05, 0) is 65.8 Å². The van der Waals surface area contributed by atoms with Crippen LogP contribution in [-0.2, 0) is 16.3 Å². The molecule has 43 heavy (non-hydrogen) atoms. The molecule has 0 fully saturated rings. The zero-order valence-corrected chi connectivity index (χ0v) is 23.2. The highest BCUT2D eigenvalue weighted by atomic mass is 32.2. The summed E-state index contributed by atoms with van der Waals surface area (Å²) in [6.45, 7) is 0.0160. The molecule has 2 aromatic heterocycles. The second-order valence-corrected chi connectivity index (χ2v) is 11.1. The highest BCUT2D eigenvalue weighted by molar-refractivity contribution is 7.91. The first kappa shape index (κ1) is 29.3.